The molecule has 0 spiro atoms. The van der Waals surface area contributed by atoms with Crippen LogP contribution in [0.1, 0.15) is 119 Å². The third kappa shape index (κ3) is 15.0. The summed E-state index contributed by atoms with van der Waals surface area (Å²) in [6, 6.07) is 15.0. The van der Waals surface area contributed by atoms with Crippen molar-refractivity contribution >= 4 is 29.0 Å². The number of carbonyl (C=O) groups excluding carboxylic acids is 1. The van der Waals surface area contributed by atoms with E-state index in [0.717, 1.165) is 62.2 Å². The lowest BCUT2D eigenvalue weighted by molar-refractivity contribution is 0.103. The standard InChI is InChI=1S/C33H48Cl2O3/c34-25-13-9-5-1-3-7-11-15-27-37-31-21-17-29(18-22-31)33(36)30-19-23-32(24-20-30)38-28-16-12-8-4-2-6-10-14-26-35/h17-24H,1-16,25-28H2. The van der Waals surface area contributed by atoms with Crippen molar-refractivity contribution < 1.29 is 14.3 Å². The molecule has 0 amide bonds. The first-order valence-electron chi connectivity index (χ1n) is 14.9. The zero-order chi connectivity index (χ0) is 27.1. The molecule has 0 aliphatic rings. The summed E-state index contributed by atoms with van der Waals surface area (Å²) in [5, 5.41) is 0. The van der Waals surface area contributed by atoms with E-state index in [1.807, 2.05) is 48.5 Å². The van der Waals surface area contributed by atoms with E-state index >= 15 is 0 Å². The van der Waals surface area contributed by atoms with Crippen LogP contribution in [-0.2, 0) is 0 Å². The minimum absolute atomic E-state index is 0.0141. The second-order valence-electron chi connectivity index (χ2n) is 10.1. The van der Waals surface area contributed by atoms with Gasteiger partial charge in [-0.05, 0) is 74.2 Å². The Morgan fingerprint density at radius 1 is 0.447 bits per heavy atom. The fraction of sp³-hybridized carbons (Fsp3) is 0.606. The number of hydrogen-bond acceptors (Lipinski definition) is 3. The lowest BCUT2D eigenvalue weighted by Gasteiger charge is -2.09. The smallest absolute Gasteiger partial charge is 0.193 e. The van der Waals surface area contributed by atoms with E-state index in [-0.39, 0.29) is 5.78 Å². The summed E-state index contributed by atoms with van der Waals surface area (Å²) in [4.78, 5) is 12.9. The van der Waals surface area contributed by atoms with Crippen molar-refractivity contribution in [1.82, 2.24) is 0 Å². The van der Waals surface area contributed by atoms with Crippen LogP contribution in [0.25, 0.3) is 0 Å². The van der Waals surface area contributed by atoms with Gasteiger partial charge in [0.05, 0.1) is 13.2 Å². The molecule has 0 aliphatic heterocycles. The number of hydrogen-bond donors (Lipinski definition) is 0. The minimum Gasteiger partial charge on any atom is -0.494 e. The topological polar surface area (TPSA) is 35.5 Å². The van der Waals surface area contributed by atoms with Gasteiger partial charge in [-0.25, -0.2) is 0 Å². The van der Waals surface area contributed by atoms with Crippen LogP contribution in [0.3, 0.4) is 0 Å². The van der Waals surface area contributed by atoms with Crippen LogP contribution in [-0.4, -0.2) is 30.8 Å². The molecular formula is C33H48Cl2O3. The first-order chi connectivity index (χ1) is 18.7. The van der Waals surface area contributed by atoms with Crippen molar-refractivity contribution in [3.05, 3.63) is 59.7 Å². The molecule has 0 aromatic heterocycles. The van der Waals surface area contributed by atoms with Crippen molar-refractivity contribution in [3.8, 4) is 11.5 Å². The number of halogens is 2. The molecule has 2 aromatic carbocycles. The number of unbranched alkanes of at least 4 members (excludes halogenated alkanes) is 14. The molecule has 0 saturated heterocycles. The number of ether oxygens (including phenoxy) is 2. The van der Waals surface area contributed by atoms with Gasteiger partial charge in [-0.1, -0.05) is 77.0 Å². The Morgan fingerprint density at radius 2 is 0.737 bits per heavy atom. The maximum Gasteiger partial charge on any atom is 0.193 e. The van der Waals surface area contributed by atoms with E-state index in [2.05, 4.69) is 0 Å². The van der Waals surface area contributed by atoms with Crippen molar-refractivity contribution in [2.75, 3.05) is 25.0 Å². The Bertz CT molecular complexity index is 767. The number of rotatable bonds is 24. The Hall–Kier alpha value is -1.71. The zero-order valence-electron chi connectivity index (χ0n) is 23.2. The van der Waals surface area contributed by atoms with Gasteiger partial charge in [0.25, 0.3) is 0 Å². The molecule has 0 saturated carbocycles. The molecule has 2 aromatic rings. The largest absolute Gasteiger partial charge is 0.494 e. The number of carbonyl (C=O) groups is 1. The molecular weight excluding hydrogens is 515 g/mol. The van der Waals surface area contributed by atoms with E-state index in [1.165, 1.54) is 77.0 Å². The SMILES string of the molecule is O=C(c1ccc(OCCCCCCCCCCCl)cc1)c1ccc(OCCCCCCCCCCCl)cc1. The fourth-order valence-corrected chi connectivity index (χ4v) is 4.84. The van der Waals surface area contributed by atoms with Gasteiger partial charge in [0.1, 0.15) is 11.5 Å². The summed E-state index contributed by atoms with van der Waals surface area (Å²) < 4.78 is 11.7. The number of alkyl halides is 2. The van der Waals surface area contributed by atoms with Gasteiger partial charge in [0.15, 0.2) is 5.78 Å². The zero-order valence-corrected chi connectivity index (χ0v) is 24.8. The average molecular weight is 564 g/mol. The molecule has 5 heteroatoms. The summed E-state index contributed by atoms with van der Waals surface area (Å²) in [6.07, 6.45) is 19.6. The molecule has 38 heavy (non-hydrogen) atoms. The van der Waals surface area contributed by atoms with Crippen LogP contribution in [0.5, 0.6) is 11.5 Å². The summed E-state index contributed by atoms with van der Waals surface area (Å²) in [5.41, 5.74) is 1.34. The second kappa shape index (κ2) is 22.1. The van der Waals surface area contributed by atoms with Crippen LogP contribution < -0.4 is 9.47 Å². The van der Waals surface area contributed by atoms with Crippen molar-refractivity contribution in [1.29, 1.82) is 0 Å². The lowest BCUT2D eigenvalue weighted by atomic mass is 10.0. The Balaban J connectivity index is 1.57. The van der Waals surface area contributed by atoms with Crippen molar-refractivity contribution in [2.45, 2.75) is 103 Å². The average Bonchev–Trinajstić information content (AvgIpc) is 2.95. The number of benzene rings is 2. The van der Waals surface area contributed by atoms with Gasteiger partial charge in [0, 0.05) is 22.9 Å². The summed E-state index contributed by atoms with van der Waals surface area (Å²) >= 11 is 11.4. The molecule has 0 bridgehead atoms. The highest BCUT2D eigenvalue weighted by atomic mass is 35.5. The Morgan fingerprint density at radius 3 is 1.05 bits per heavy atom. The van der Waals surface area contributed by atoms with E-state index in [0.29, 0.717) is 11.1 Å². The molecule has 212 valence electrons. The third-order valence-electron chi connectivity index (χ3n) is 6.83. The molecule has 0 aliphatic carbocycles. The number of ketones is 1. The third-order valence-corrected chi connectivity index (χ3v) is 7.36. The van der Waals surface area contributed by atoms with Gasteiger partial charge < -0.3 is 9.47 Å². The first kappa shape index (κ1) is 32.5. The van der Waals surface area contributed by atoms with Crippen LogP contribution >= 0.6 is 23.2 Å². The first-order valence-corrected chi connectivity index (χ1v) is 15.9. The van der Waals surface area contributed by atoms with Gasteiger partial charge in [-0.2, -0.15) is 0 Å². The molecule has 0 heterocycles. The highest BCUT2D eigenvalue weighted by Gasteiger charge is 2.09. The van der Waals surface area contributed by atoms with Crippen LogP contribution in [0.15, 0.2) is 48.5 Å². The Labute approximate surface area is 241 Å². The molecule has 0 unspecified atom stereocenters. The van der Waals surface area contributed by atoms with Crippen molar-refractivity contribution in [3.63, 3.8) is 0 Å². The van der Waals surface area contributed by atoms with Gasteiger partial charge >= 0.3 is 0 Å². The molecule has 3 nitrogen and oxygen atoms in total. The molecule has 2 rings (SSSR count). The molecule has 0 atom stereocenters. The molecule has 0 radical (unpaired) electrons. The van der Waals surface area contributed by atoms with Crippen LogP contribution in [0.4, 0.5) is 0 Å². The summed E-state index contributed by atoms with van der Waals surface area (Å²) in [6.45, 7) is 1.44. The summed E-state index contributed by atoms with van der Waals surface area (Å²) in [5.74, 6) is 3.22. The maximum absolute atomic E-state index is 12.9. The molecule has 0 N–H and O–H groups in total. The predicted molar refractivity (Wildman–Crippen MR) is 163 cm³/mol. The highest BCUT2D eigenvalue weighted by molar-refractivity contribution is 6.18. The normalized spacial score (nSPS) is 11.0. The van der Waals surface area contributed by atoms with Gasteiger partial charge in [0.2, 0.25) is 0 Å². The quantitative estimate of drug-likeness (QED) is 0.0724. The van der Waals surface area contributed by atoms with Crippen LogP contribution in [0, 0.1) is 0 Å². The van der Waals surface area contributed by atoms with Crippen LogP contribution in [0.2, 0.25) is 0 Å². The van der Waals surface area contributed by atoms with E-state index in [1.54, 1.807) is 0 Å². The van der Waals surface area contributed by atoms with E-state index < -0.39 is 0 Å². The van der Waals surface area contributed by atoms with Gasteiger partial charge in [-0.3, -0.25) is 4.79 Å². The second-order valence-corrected chi connectivity index (χ2v) is 10.9. The summed E-state index contributed by atoms with van der Waals surface area (Å²) in [7, 11) is 0. The predicted octanol–water partition coefficient (Wildman–Crippen LogP) is 10.4. The Kier molecular flexibility index (Phi) is 18.9. The highest BCUT2D eigenvalue weighted by Crippen LogP contribution is 2.19. The fourth-order valence-electron chi connectivity index (χ4n) is 4.47. The maximum atomic E-state index is 12.9. The lowest BCUT2D eigenvalue weighted by Crippen LogP contribution is -2.03. The molecule has 0 fully saturated rings. The minimum atomic E-state index is 0.0141. The van der Waals surface area contributed by atoms with Gasteiger partial charge in [-0.15, -0.1) is 23.2 Å². The van der Waals surface area contributed by atoms with Crippen molar-refractivity contribution in [2.24, 2.45) is 0 Å². The monoisotopic (exact) mass is 562 g/mol. The van der Waals surface area contributed by atoms with E-state index in [4.69, 9.17) is 32.7 Å². The van der Waals surface area contributed by atoms with E-state index in [9.17, 15) is 4.79 Å².